The second-order valence-corrected chi connectivity index (χ2v) is 5.79. The van der Waals surface area contributed by atoms with Gasteiger partial charge in [0.25, 0.3) is 0 Å². The van der Waals surface area contributed by atoms with Gasteiger partial charge in [-0.3, -0.25) is 9.59 Å². The third-order valence-corrected chi connectivity index (χ3v) is 4.34. The van der Waals surface area contributed by atoms with E-state index in [4.69, 9.17) is 9.47 Å². The van der Waals surface area contributed by atoms with Crippen LogP contribution in [0.5, 0.6) is 0 Å². The second kappa shape index (κ2) is 7.95. The highest BCUT2D eigenvalue weighted by Gasteiger charge is 2.50. The topological polar surface area (TPSA) is 72.9 Å². The lowest BCUT2D eigenvalue weighted by Gasteiger charge is -2.38. The average Bonchev–Trinajstić information content (AvgIpc) is 2.61. The van der Waals surface area contributed by atoms with Crippen molar-refractivity contribution in [3.63, 3.8) is 0 Å². The fourth-order valence-electron chi connectivity index (χ4n) is 2.84. The third kappa shape index (κ3) is 3.75. The van der Waals surface area contributed by atoms with Crippen LogP contribution in [0.2, 0.25) is 0 Å². The maximum atomic E-state index is 12.3. The minimum absolute atomic E-state index is 0.00872. The normalized spacial score (nSPS) is 20.6. The van der Waals surface area contributed by atoms with Gasteiger partial charge in [0.15, 0.2) is 5.78 Å². The molecule has 6 nitrogen and oxygen atoms in total. The molecular weight excluding hydrogens is 310 g/mol. The Bertz CT molecular complexity index is 601. The summed E-state index contributed by atoms with van der Waals surface area (Å²) in [6, 6.07) is 9.34. The van der Waals surface area contributed by atoms with Crippen LogP contribution in [0.15, 0.2) is 30.3 Å². The van der Waals surface area contributed by atoms with Crippen LogP contribution in [0.3, 0.4) is 0 Å². The maximum absolute atomic E-state index is 12.3. The lowest BCUT2D eigenvalue weighted by Crippen LogP contribution is -2.55. The van der Waals surface area contributed by atoms with Gasteiger partial charge in [-0.05, 0) is 18.9 Å². The van der Waals surface area contributed by atoms with Crippen molar-refractivity contribution in [3.05, 3.63) is 35.9 Å². The Morgan fingerprint density at radius 1 is 1.17 bits per heavy atom. The molecule has 1 fully saturated rings. The summed E-state index contributed by atoms with van der Waals surface area (Å²) in [5.41, 5.74) is -0.397. The van der Waals surface area contributed by atoms with Crippen molar-refractivity contribution in [1.29, 1.82) is 0 Å². The van der Waals surface area contributed by atoms with Crippen LogP contribution in [0, 0.1) is 5.41 Å². The first-order valence-corrected chi connectivity index (χ1v) is 8.19. The SMILES string of the molecule is CCOC(=O)C1(CC)CN(C(=O)OCc2ccccc2)CCC1=O. The van der Waals surface area contributed by atoms with Crippen LogP contribution in [0.1, 0.15) is 32.3 Å². The van der Waals surface area contributed by atoms with Crippen molar-refractivity contribution in [2.24, 2.45) is 5.41 Å². The van der Waals surface area contributed by atoms with Gasteiger partial charge in [-0.1, -0.05) is 37.3 Å². The summed E-state index contributed by atoms with van der Waals surface area (Å²) < 4.78 is 10.4. The largest absolute Gasteiger partial charge is 0.465 e. The molecule has 130 valence electrons. The predicted octanol–water partition coefficient (Wildman–Crippen LogP) is 2.56. The highest BCUT2D eigenvalue weighted by atomic mass is 16.6. The molecule has 1 aliphatic rings. The molecule has 1 aliphatic heterocycles. The number of ketones is 1. The number of benzene rings is 1. The Hall–Kier alpha value is -2.37. The van der Waals surface area contributed by atoms with E-state index in [1.165, 1.54) is 4.90 Å². The highest BCUT2D eigenvalue weighted by molar-refractivity contribution is 6.05. The molecule has 1 heterocycles. The van der Waals surface area contributed by atoms with Gasteiger partial charge in [0, 0.05) is 19.5 Å². The first kappa shape index (κ1) is 18.0. The Morgan fingerprint density at radius 3 is 2.50 bits per heavy atom. The molecule has 0 saturated carbocycles. The summed E-state index contributed by atoms with van der Waals surface area (Å²) in [4.78, 5) is 38.3. The number of carbonyl (C=O) groups excluding carboxylic acids is 3. The van der Waals surface area contributed by atoms with E-state index < -0.39 is 17.5 Å². The van der Waals surface area contributed by atoms with E-state index >= 15 is 0 Å². The van der Waals surface area contributed by atoms with Crippen molar-refractivity contribution < 1.29 is 23.9 Å². The van der Waals surface area contributed by atoms with Crippen molar-refractivity contribution in [2.45, 2.75) is 33.3 Å². The Balaban J connectivity index is 2.04. The number of hydrogen-bond acceptors (Lipinski definition) is 5. The molecule has 1 amide bonds. The summed E-state index contributed by atoms with van der Waals surface area (Å²) in [7, 11) is 0. The van der Waals surface area contributed by atoms with E-state index in [-0.39, 0.29) is 38.5 Å². The average molecular weight is 333 g/mol. The highest BCUT2D eigenvalue weighted by Crippen LogP contribution is 2.32. The van der Waals surface area contributed by atoms with Gasteiger partial charge in [-0.2, -0.15) is 0 Å². The fourth-order valence-corrected chi connectivity index (χ4v) is 2.84. The Morgan fingerprint density at radius 2 is 1.88 bits per heavy atom. The number of carbonyl (C=O) groups is 3. The molecule has 1 atom stereocenters. The number of amides is 1. The summed E-state index contributed by atoms with van der Waals surface area (Å²) >= 11 is 0. The monoisotopic (exact) mass is 333 g/mol. The maximum Gasteiger partial charge on any atom is 0.410 e. The van der Waals surface area contributed by atoms with E-state index in [1.54, 1.807) is 13.8 Å². The molecule has 0 radical (unpaired) electrons. The minimum atomic E-state index is -1.28. The quantitative estimate of drug-likeness (QED) is 0.611. The number of likely N-dealkylation sites (tertiary alicyclic amines) is 1. The number of esters is 1. The van der Waals surface area contributed by atoms with Gasteiger partial charge in [0.1, 0.15) is 12.0 Å². The smallest absolute Gasteiger partial charge is 0.410 e. The zero-order valence-electron chi connectivity index (χ0n) is 14.1. The number of ether oxygens (including phenoxy) is 2. The first-order valence-electron chi connectivity index (χ1n) is 8.19. The molecule has 24 heavy (non-hydrogen) atoms. The van der Waals surface area contributed by atoms with Gasteiger partial charge in [-0.15, -0.1) is 0 Å². The molecule has 1 aromatic carbocycles. The summed E-state index contributed by atoms with van der Waals surface area (Å²) in [6.07, 6.45) is -0.0892. The van der Waals surface area contributed by atoms with Crippen molar-refractivity contribution in [3.8, 4) is 0 Å². The van der Waals surface area contributed by atoms with E-state index in [0.717, 1.165) is 5.56 Å². The van der Waals surface area contributed by atoms with Crippen molar-refractivity contribution >= 4 is 17.8 Å². The van der Waals surface area contributed by atoms with Crippen LogP contribution in [-0.4, -0.2) is 42.4 Å². The van der Waals surface area contributed by atoms with E-state index in [1.807, 2.05) is 30.3 Å². The molecule has 0 aliphatic carbocycles. The van der Waals surface area contributed by atoms with Crippen LogP contribution in [0.25, 0.3) is 0 Å². The number of hydrogen-bond donors (Lipinski definition) is 0. The Labute approximate surface area is 141 Å². The second-order valence-electron chi connectivity index (χ2n) is 5.79. The van der Waals surface area contributed by atoms with E-state index in [0.29, 0.717) is 6.42 Å². The van der Waals surface area contributed by atoms with Gasteiger partial charge in [-0.25, -0.2) is 4.79 Å². The summed E-state index contributed by atoms with van der Waals surface area (Å²) in [6.45, 7) is 4.07. The fraction of sp³-hybridized carbons (Fsp3) is 0.500. The molecule has 6 heteroatoms. The van der Waals surface area contributed by atoms with Gasteiger partial charge < -0.3 is 14.4 Å². The summed E-state index contributed by atoms with van der Waals surface area (Å²) in [5, 5.41) is 0. The number of nitrogens with zero attached hydrogens (tertiary/aromatic N) is 1. The number of piperidine rings is 1. The molecule has 0 spiro atoms. The molecule has 1 aromatic rings. The third-order valence-electron chi connectivity index (χ3n) is 4.34. The van der Waals surface area contributed by atoms with E-state index in [9.17, 15) is 14.4 Å². The molecule has 0 bridgehead atoms. The van der Waals surface area contributed by atoms with Gasteiger partial charge in [0.05, 0.1) is 6.61 Å². The number of Topliss-reactive ketones (excluding diaryl/α,β-unsaturated/α-hetero) is 1. The standard InChI is InChI=1S/C18H23NO5/c1-3-18(16(21)23-4-2)13-19(11-10-15(18)20)17(22)24-12-14-8-6-5-7-9-14/h5-9H,3-4,10-13H2,1-2H3. The van der Waals surface area contributed by atoms with Crippen LogP contribution in [0.4, 0.5) is 4.79 Å². The van der Waals surface area contributed by atoms with Gasteiger partial charge >= 0.3 is 12.1 Å². The molecule has 0 N–H and O–H groups in total. The van der Waals surface area contributed by atoms with Gasteiger partial charge in [0.2, 0.25) is 0 Å². The van der Waals surface area contributed by atoms with Crippen LogP contribution in [-0.2, 0) is 25.7 Å². The summed E-state index contributed by atoms with van der Waals surface area (Å²) in [5.74, 6) is -0.728. The molecule has 2 rings (SSSR count). The van der Waals surface area contributed by atoms with Crippen molar-refractivity contribution in [1.82, 2.24) is 4.90 Å². The lowest BCUT2D eigenvalue weighted by molar-refractivity contribution is -0.163. The van der Waals surface area contributed by atoms with Crippen LogP contribution < -0.4 is 0 Å². The van der Waals surface area contributed by atoms with Crippen LogP contribution >= 0.6 is 0 Å². The molecule has 1 unspecified atom stereocenters. The number of rotatable bonds is 5. The molecule has 0 aromatic heterocycles. The first-order chi connectivity index (χ1) is 11.5. The molecular formula is C18H23NO5. The lowest BCUT2D eigenvalue weighted by atomic mass is 9.76. The predicted molar refractivity (Wildman–Crippen MR) is 87.2 cm³/mol. The minimum Gasteiger partial charge on any atom is -0.465 e. The van der Waals surface area contributed by atoms with E-state index in [2.05, 4.69) is 0 Å². The Kier molecular flexibility index (Phi) is 5.95. The van der Waals surface area contributed by atoms with Crippen molar-refractivity contribution in [2.75, 3.05) is 19.7 Å². The zero-order chi connectivity index (χ0) is 17.6. The molecule has 1 saturated heterocycles. The zero-order valence-corrected chi connectivity index (χ0v) is 14.1.